The van der Waals surface area contributed by atoms with Gasteiger partial charge in [-0.15, -0.1) is 0 Å². The van der Waals surface area contributed by atoms with Gasteiger partial charge in [0.1, 0.15) is 0 Å². The molecule has 1 atom stereocenters. The Morgan fingerprint density at radius 3 is 3.00 bits per heavy atom. The minimum atomic E-state index is 0.447. The van der Waals surface area contributed by atoms with Crippen LogP contribution in [0.5, 0.6) is 0 Å². The van der Waals surface area contributed by atoms with E-state index in [1.807, 2.05) is 18.3 Å². The van der Waals surface area contributed by atoms with Crippen molar-refractivity contribution in [1.82, 2.24) is 10.3 Å². The molecule has 0 saturated carbocycles. The lowest BCUT2D eigenvalue weighted by Crippen LogP contribution is -2.27. The average molecular weight is 224 g/mol. The Morgan fingerprint density at radius 1 is 1.24 bits per heavy atom. The number of fused-ring (bicyclic) bond motifs is 1. The maximum Gasteiger partial charge on any atom is 0.0702 e. The summed E-state index contributed by atoms with van der Waals surface area (Å²) in [5.74, 6) is 0. The van der Waals surface area contributed by atoms with Gasteiger partial charge >= 0.3 is 0 Å². The SMILES string of the molecule is CC1NCCc2ccc(-c3ccccn3)cc21. The van der Waals surface area contributed by atoms with Crippen molar-refractivity contribution in [3.8, 4) is 11.3 Å². The number of rotatable bonds is 1. The minimum Gasteiger partial charge on any atom is -0.310 e. The molecule has 1 aromatic carbocycles. The second kappa shape index (κ2) is 4.30. The van der Waals surface area contributed by atoms with Crippen molar-refractivity contribution < 1.29 is 0 Å². The molecule has 0 saturated heterocycles. The fraction of sp³-hybridized carbons (Fsp3) is 0.267. The van der Waals surface area contributed by atoms with Crippen molar-refractivity contribution in [3.63, 3.8) is 0 Å². The maximum absolute atomic E-state index is 4.40. The molecule has 2 heteroatoms. The summed E-state index contributed by atoms with van der Waals surface area (Å²) < 4.78 is 0. The van der Waals surface area contributed by atoms with Crippen LogP contribution in [-0.4, -0.2) is 11.5 Å². The minimum absolute atomic E-state index is 0.447. The lowest BCUT2D eigenvalue weighted by atomic mass is 9.92. The molecule has 1 N–H and O–H groups in total. The molecule has 2 nitrogen and oxygen atoms in total. The summed E-state index contributed by atoms with van der Waals surface area (Å²) in [6.45, 7) is 3.30. The van der Waals surface area contributed by atoms with Crippen LogP contribution in [0.15, 0.2) is 42.6 Å². The van der Waals surface area contributed by atoms with Crippen molar-refractivity contribution in [3.05, 3.63) is 53.7 Å². The monoisotopic (exact) mass is 224 g/mol. The van der Waals surface area contributed by atoms with E-state index in [1.54, 1.807) is 0 Å². The average Bonchev–Trinajstić information content (AvgIpc) is 2.40. The van der Waals surface area contributed by atoms with Crippen molar-refractivity contribution in [2.75, 3.05) is 6.54 Å². The van der Waals surface area contributed by atoms with Gasteiger partial charge in [0.25, 0.3) is 0 Å². The molecule has 3 rings (SSSR count). The molecular formula is C15H16N2. The molecule has 1 aromatic heterocycles. The molecule has 2 heterocycles. The number of hydrogen-bond acceptors (Lipinski definition) is 2. The van der Waals surface area contributed by atoms with Crippen LogP contribution >= 0.6 is 0 Å². The van der Waals surface area contributed by atoms with Crippen molar-refractivity contribution in [2.45, 2.75) is 19.4 Å². The molecule has 86 valence electrons. The number of nitrogens with zero attached hydrogens (tertiary/aromatic N) is 1. The van der Waals surface area contributed by atoms with E-state index in [9.17, 15) is 0 Å². The Bertz CT molecular complexity index is 520. The fourth-order valence-corrected chi connectivity index (χ4v) is 2.45. The number of nitrogens with one attached hydrogen (secondary N) is 1. The summed E-state index contributed by atoms with van der Waals surface area (Å²) >= 11 is 0. The van der Waals surface area contributed by atoms with Crippen LogP contribution in [0.25, 0.3) is 11.3 Å². The van der Waals surface area contributed by atoms with Gasteiger partial charge in [-0.3, -0.25) is 4.98 Å². The summed E-state index contributed by atoms with van der Waals surface area (Å²) in [6.07, 6.45) is 2.97. The largest absolute Gasteiger partial charge is 0.310 e. The van der Waals surface area contributed by atoms with Crippen LogP contribution in [-0.2, 0) is 6.42 Å². The second-order valence-electron chi connectivity index (χ2n) is 4.55. The zero-order valence-electron chi connectivity index (χ0n) is 9.98. The maximum atomic E-state index is 4.40. The van der Waals surface area contributed by atoms with Crippen LogP contribution in [0.3, 0.4) is 0 Å². The van der Waals surface area contributed by atoms with Gasteiger partial charge in [-0.25, -0.2) is 0 Å². The van der Waals surface area contributed by atoms with Gasteiger partial charge < -0.3 is 5.32 Å². The number of aromatic nitrogens is 1. The quantitative estimate of drug-likeness (QED) is 0.805. The van der Waals surface area contributed by atoms with E-state index in [1.165, 1.54) is 16.7 Å². The highest BCUT2D eigenvalue weighted by atomic mass is 14.9. The number of hydrogen-bond donors (Lipinski definition) is 1. The molecule has 1 aliphatic rings. The summed E-state index contributed by atoms with van der Waals surface area (Å²) in [7, 11) is 0. The van der Waals surface area contributed by atoms with E-state index >= 15 is 0 Å². The molecule has 1 aliphatic heterocycles. The zero-order valence-corrected chi connectivity index (χ0v) is 9.98. The van der Waals surface area contributed by atoms with Crippen molar-refractivity contribution >= 4 is 0 Å². The Balaban J connectivity index is 2.06. The summed E-state index contributed by atoms with van der Waals surface area (Å²) in [5, 5.41) is 3.50. The highest BCUT2D eigenvalue weighted by Gasteiger charge is 2.16. The molecule has 0 radical (unpaired) electrons. The standard InChI is InChI=1S/C15H16N2/c1-11-14-10-13(15-4-2-3-8-17-15)6-5-12(14)7-9-16-11/h2-6,8,10-11,16H,7,9H2,1H3. The lowest BCUT2D eigenvalue weighted by Gasteiger charge is -2.24. The van der Waals surface area contributed by atoms with Crippen LogP contribution < -0.4 is 5.32 Å². The first-order chi connectivity index (χ1) is 8.34. The molecule has 0 bridgehead atoms. The predicted molar refractivity (Wildman–Crippen MR) is 69.8 cm³/mol. The molecule has 0 spiro atoms. The lowest BCUT2D eigenvalue weighted by molar-refractivity contribution is 0.541. The van der Waals surface area contributed by atoms with Gasteiger partial charge in [0.05, 0.1) is 5.69 Å². The molecule has 17 heavy (non-hydrogen) atoms. The van der Waals surface area contributed by atoms with Gasteiger partial charge in [0.15, 0.2) is 0 Å². The van der Waals surface area contributed by atoms with Gasteiger partial charge in [-0.1, -0.05) is 18.2 Å². The molecular weight excluding hydrogens is 208 g/mol. The second-order valence-corrected chi connectivity index (χ2v) is 4.55. The third-order valence-corrected chi connectivity index (χ3v) is 3.42. The Labute approximate surface area is 102 Å². The van der Waals surface area contributed by atoms with Crippen LogP contribution in [0.4, 0.5) is 0 Å². The van der Waals surface area contributed by atoms with Crippen LogP contribution in [0.2, 0.25) is 0 Å². The highest BCUT2D eigenvalue weighted by Crippen LogP contribution is 2.27. The van der Waals surface area contributed by atoms with Gasteiger partial charge in [-0.05, 0) is 49.2 Å². The first-order valence-corrected chi connectivity index (χ1v) is 6.12. The normalized spacial score (nSPS) is 18.8. The smallest absolute Gasteiger partial charge is 0.0702 e. The van der Waals surface area contributed by atoms with E-state index in [-0.39, 0.29) is 0 Å². The first-order valence-electron chi connectivity index (χ1n) is 6.12. The summed E-state index contributed by atoms with van der Waals surface area (Å²) in [6, 6.07) is 13.2. The topological polar surface area (TPSA) is 24.9 Å². The Morgan fingerprint density at radius 2 is 2.18 bits per heavy atom. The molecule has 0 fully saturated rings. The van der Waals surface area contributed by atoms with E-state index in [4.69, 9.17) is 0 Å². The number of pyridine rings is 1. The fourth-order valence-electron chi connectivity index (χ4n) is 2.45. The van der Waals surface area contributed by atoms with Crippen molar-refractivity contribution in [2.24, 2.45) is 0 Å². The van der Waals surface area contributed by atoms with Gasteiger partial charge in [0.2, 0.25) is 0 Å². The van der Waals surface area contributed by atoms with Crippen LogP contribution in [0.1, 0.15) is 24.1 Å². The molecule has 1 unspecified atom stereocenters. The third kappa shape index (κ3) is 1.96. The third-order valence-electron chi connectivity index (χ3n) is 3.42. The van der Waals surface area contributed by atoms with Gasteiger partial charge in [-0.2, -0.15) is 0 Å². The predicted octanol–water partition coefficient (Wildman–Crippen LogP) is 2.96. The van der Waals surface area contributed by atoms with E-state index in [0.29, 0.717) is 6.04 Å². The summed E-state index contributed by atoms with van der Waals surface area (Å²) in [4.78, 5) is 4.40. The molecule has 0 amide bonds. The van der Waals surface area contributed by atoms with E-state index < -0.39 is 0 Å². The zero-order chi connectivity index (χ0) is 11.7. The van der Waals surface area contributed by atoms with Crippen molar-refractivity contribution in [1.29, 1.82) is 0 Å². The van der Waals surface area contributed by atoms with E-state index in [2.05, 4.69) is 41.5 Å². The molecule has 0 aliphatic carbocycles. The number of benzene rings is 1. The summed E-state index contributed by atoms with van der Waals surface area (Å²) in [5.41, 5.74) is 5.14. The van der Waals surface area contributed by atoms with Gasteiger partial charge in [0, 0.05) is 17.8 Å². The molecule has 2 aromatic rings. The Kier molecular flexibility index (Phi) is 2.65. The van der Waals surface area contributed by atoms with Crippen LogP contribution in [0, 0.1) is 0 Å². The first kappa shape index (κ1) is 10.5. The highest BCUT2D eigenvalue weighted by molar-refractivity contribution is 5.61. The van der Waals surface area contributed by atoms with E-state index in [0.717, 1.165) is 18.7 Å². The Hall–Kier alpha value is -1.67.